The quantitative estimate of drug-likeness (QED) is 0.798. The maximum absolute atomic E-state index is 12.7. The van der Waals surface area contributed by atoms with Crippen molar-refractivity contribution >= 4 is 39.3 Å². The molecule has 2 heterocycles. The van der Waals surface area contributed by atoms with Gasteiger partial charge in [-0.3, -0.25) is 4.79 Å². The van der Waals surface area contributed by atoms with E-state index >= 15 is 0 Å². The molecule has 4 rings (SSSR count). The number of anilines is 2. The molecule has 27 heavy (non-hydrogen) atoms. The van der Waals surface area contributed by atoms with Crippen LogP contribution in [-0.4, -0.2) is 32.2 Å². The summed E-state index contributed by atoms with van der Waals surface area (Å²) >= 11 is 3.45. The fraction of sp³-hybridized carbons (Fsp3) is 0.190. The Balaban J connectivity index is 1.48. The Hall–Kier alpha value is -2.57. The minimum absolute atomic E-state index is 0.179. The minimum atomic E-state index is -0.179. The van der Waals surface area contributed by atoms with Gasteiger partial charge in [-0.05, 0) is 54.6 Å². The summed E-state index contributed by atoms with van der Waals surface area (Å²) in [7, 11) is 0. The van der Waals surface area contributed by atoms with Gasteiger partial charge in [-0.15, -0.1) is 0 Å². The minimum Gasteiger partial charge on any atom is -0.464 e. The van der Waals surface area contributed by atoms with Crippen molar-refractivity contribution in [1.82, 2.24) is 0 Å². The van der Waals surface area contributed by atoms with Crippen LogP contribution in [0.3, 0.4) is 0 Å². The molecule has 2 aliphatic rings. The van der Waals surface area contributed by atoms with Gasteiger partial charge in [0.2, 0.25) is 0 Å². The molecule has 1 saturated heterocycles. The molecule has 0 unspecified atom stereocenters. The lowest BCUT2D eigenvalue weighted by Gasteiger charge is -2.28. The Morgan fingerprint density at radius 1 is 1.07 bits per heavy atom. The van der Waals surface area contributed by atoms with Crippen LogP contribution in [0.5, 0.6) is 5.75 Å². The van der Waals surface area contributed by atoms with Crippen molar-refractivity contribution in [3.8, 4) is 5.75 Å². The molecule has 2 aromatic rings. The first kappa shape index (κ1) is 17.8. The maximum Gasteiger partial charge on any atom is 0.255 e. The van der Waals surface area contributed by atoms with Gasteiger partial charge in [-0.25, -0.2) is 0 Å². The molecule has 6 heteroatoms. The second-order valence-electron chi connectivity index (χ2n) is 6.30. The molecular weight excluding hydrogens is 408 g/mol. The van der Waals surface area contributed by atoms with Gasteiger partial charge in [0.1, 0.15) is 5.75 Å². The molecule has 1 N–H and O–H groups in total. The highest BCUT2D eigenvalue weighted by Gasteiger charge is 2.14. The van der Waals surface area contributed by atoms with Crippen LogP contribution in [0.25, 0.3) is 6.08 Å². The Bertz CT molecular complexity index is 900. The van der Waals surface area contributed by atoms with E-state index in [1.54, 1.807) is 6.08 Å². The highest BCUT2D eigenvalue weighted by Crippen LogP contribution is 2.28. The van der Waals surface area contributed by atoms with Crippen LogP contribution in [0.15, 0.2) is 64.8 Å². The zero-order valence-electron chi connectivity index (χ0n) is 14.7. The number of fused-ring (bicyclic) bond motifs is 1. The van der Waals surface area contributed by atoms with Gasteiger partial charge in [0, 0.05) is 40.1 Å². The molecule has 138 valence electrons. The smallest absolute Gasteiger partial charge is 0.255 e. The predicted octanol–water partition coefficient (Wildman–Crippen LogP) is 4.21. The van der Waals surface area contributed by atoms with Crippen molar-refractivity contribution in [2.45, 2.75) is 0 Å². The fourth-order valence-electron chi connectivity index (χ4n) is 3.06. The summed E-state index contributed by atoms with van der Waals surface area (Å²) in [5, 5.41) is 2.95. The maximum atomic E-state index is 12.7. The lowest BCUT2D eigenvalue weighted by molar-refractivity contribution is -0.112. The van der Waals surface area contributed by atoms with E-state index in [1.165, 1.54) is 6.26 Å². The van der Waals surface area contributed by atoms with Crippen molar-refractivity contribution < 1.29 is 14.3 Å². The number of ether oxygens (including phenoxy) is 2. The van der Waals surface area contributed by atoms with E-state index in [0.29, 0.717) is 11.3 Å². The Kier molecular flexibility index (Phi) is 5.27. The van der Waals surface area contributed by atoms with Gasteiger partial charge >= 0.3 is 0 Å². The molecule has 0 aromatic heterocycles. The number of nitrogens with zero attached hydrogens (tertiary/aromatic N) is 1. The van der Waals surface area contributed by atoms with Crippen LogP contribution in [-0.2, 0) is 9.53 Å². The van der Waals surface area contributed by atoms with Crippen LogP contribution in [0.1, 0.15) is 5.56 Å². The number of rotatable bonds is 3. The normalized spacial score (nSPS) is 16.0. The average Bonchev–Trinajstić information content (AvgIpc) is 2.91. The van der Waals surface area contributed by atoms with Crippen LogP contribution >= 0.6 is 15.9 Å². The lowest BCUT2D eigenvalue weighted by atomic mass is 10.1. The number of hydrogen-bond acceptors (Lipinski definition) is 4. The predicted molar refractivity (Wildman–Crippen MR) is 110 cm³/mol. The molecule has 0 radical (unpaired) electrons. The van der Waals surface area contributed by atoms with Gasteiger partial charge in [0.25, 0.3) is 5.91 Å². The monoisotopic (exact) mass is 426 g/mol. The van der Waals surface area contributed by atoms with E-state index in [4.69, 9.17) is 9.47 Å². The van der Waals surface area contributed by atoms with Crippen molar-refractivity contribution in [2.75, 3.05) is 36.5 Å². The summed E-state index contributed by atoms with van der Waals surface area (Å²) in [6.45, 7) is 3.27. The van der Waals surface area contributed by atoms with Crippen molar-refractivity contribution in [3.63, 3.8) is 0 Å². The molecule has 2 aliphatic heterocycles. The number of morpholine rings is 1. The number of hydrogen-bond donors (Lipinski definition) is 1. The molecule has 0 aliphatic carbocycles. The van der Waals surface area contributed by atoms with E-state index in [1.807, 2.05) is 48.5 Å². The number of amides is 1. The highest BCUT2D eigenvalue weighted by atomic mass is 79.9. The second-order valence-corrected chi connectivity index (χ2v) is 7.22. The SMILES string of the molecule is O=C(Nc1ccc(N2CCOCC2)cc1)C1=Cc2cc(Br)ccc2OC=C1. The fourth-order valence-corrected chi connectivity index (χ4v) is 3.44. The molecule has 1 fully saturated rings. The number of benzene rings is 2. The van der Waals surface area contributed by atoms with Crippen LogP contribution in [0.2, 0.25) is 0 Å². The summed E-state index contributed by atoms with van der Waals surface area (Å²) in [4.78, 5) is 15.0. The molecular formula is C21H19BrN2O3. The first-order valence-electron chi connectivity index (χ1n) is 8.78. The third-order valence-electron chi connectivity index (χ3n) is 4.49. The van der Waals surface area contributed by atoms with Gasteiger partial charge in [0.15, 0.2) is 0 Å². The van der Waals surface area contributed by atoms with Crippen molar-refractivity contribution in [1.29, 1.82) is 0 Å². The summed E-state index contributed by atoms with van der Waals surface area (Å²) < 4.78 is 11.9. The standard InChI is InChI=1S/C21H19BrN2O3/c22-17-1-6-20-16(14-17)13-15(7-10-27-20)21(25)23-18-2-4-19(5-3-18)24-8-11-26-12-9-24/h1-7,10,13-14H,8-9,11-12H2,(H,23,25). The Labute approximate surface area is 166 Å². The number of carbonyl (C=O) groups excluding carboxylic acids is 1. The largest absolute Gasteiger partial charge is 0.464 e. The van der Waals surface area contributed by atoms with E-state index in [9.17, 15) is 4.79 Å². The Morgan fingerprint density at radius 3 is 2.63 bits per heavy atom. The molecule has 1 amide bonds. The molecule has 2 aromatic carbocycles. The van der Waals surface area contributed by atoms with Gasteiger partial charge in [-0.2, -0.15) is 0 Å². The second kappa shape index (κ2) is 7.98. The van der Waals surface area contributed by atoms with Crippen LogP contribution in [0.4, 0.5) is 11.4 Å². The van der Waals surface area contributed by atoms with E-state index < -0.39 is 0 Å². The molecule has 0 bridgehead atoms. The third kappa shape index (κ3) is 4.23. The summed E-state index contributed by atoms with van der Waals surface area (Å²) in [5.74, 6) is 0.536. The first-order chi connectivity index (χ1) is 13.2. The molecule has 0 saturated carbocycles. The lowest BCUT2D eigenvalue weighted by Crippen LogP contribution is -2.36. The zero-order valence-corrected chi connectivity index (χ0v) is 16.2. The summed E-state index contributed by atoms with van der Waals surface area (Å²) in [6.07, 6.45) is 5.03. The van der Waals surface area contributed by atoms with Crippen LogP contribution < -0.4 is 15.0 Å². The summed E-state index contributed by atoms with van der Waals surface area (Å²) in [5.41, 5.74) is 3.27. The van der Waals surface area contributed by atoms with Crippen LogP contribution in [0, 0.1) is 0 Å². The zero-order chi connectivity index (χ0) is 18.6. The number of halogens is 1. The van der Waals surface area contributed by atoms with Gasteiger partial charge in [0.05, 0.1) is 19.5 Å². The van der Waals surface area contributed by atoms with E-state index in [0.717, 1.165) is 47.7 Å². The van der Waals surface area contributed by atoms with E-state index in [2.05, 4.69) is 26.1 Å². The van der Waals surface area contributed by atoms with Gasteiger partial charge < -0.3 is 19.7 Å². The Morgan fingerprint density at radius 2 is 1.85 bits per heavy atom. The molecule has 5 nitrogen and oxygen atoms in total. The van der Waals surface area contributed by atoms with Crippen molar-refractivity contribution in [2.24, 2.45) is 0 Å². The number of carbonyl (C=O) groups is 1. The molecule has 0 spiro atoms. The van der Waals surface area contributed by atoms with E-state index in [-0.39, 0.29) is 5.91 Å². The average molecular weight is 427 g/mol. The third-order valence-corrected chi connectivity index (χ3v) is 4.98. The summed E-state index contributed by atoms with van der Waals surface area (Å²) in [6, 6.07) is 13.6. The number of nitrogens with one attached hydrogen (secondary N) is 1. The molecule has 0 atom stereocenters. The topological polar surface area (TPSA) is 50.8 Å². The first-order valence-corrected chi connectivity index (χ1v) is 9.57. The van der Waals surface area contributed by atoms with Crippen molar-refractivity contribution in [3.05, 3.63) is 70.4 Å². The highest BCUT2D eigenvalue weighted by molar-refractivity contribution is 9.10. The van der Waals surface area contributed by atoms with Gasteiger partial charge in [-0.1, -0.05) is 15.9 Å².